The zero-order valence-corrected chi connectivity index (χ0v) is 17.2. The van der Waals surface area contributed by atoms with Gasteiger partial charge in [-0.25, -0.2) is 8.42 Å². The highest BCUT2D eigenvalue weighted by molar-refractivity contribution is 7.89. The molecule has 0 bridgehead atoms. The van der Waals surface area contributed by atoms with Crippen LogP contribution in [0.2, 0.25) is 0 Å². The van der Waals surface area contributed by atoms with Crippen molar-refractivity contribution in [3.05, 3.63) is 59.7 Å². The number of benzene rings is 2. The Hall–Kier alpha value is -2.51. The fourth-order valence-corrected chi connectivity index (χ4v) is 4.19. The van der Waals surface area contributed by atoms with Gasteiger partial charge in [-0.1, -0.05) is 26.0 Å². The normalized spacial score (nSPS) is 11.4. The molecule has 2 aromatic rings. The van der Waals surface area contributed by atoms with Gasteiger partial charge in [-0.15, -0.1) is 0 Å². The summed E-state index contributed by atoms with van der Waals surface area (Å²) in [7, 11) is -3.48. The highest BCUT2D eigenvalue weighted by Gasteiger charge is 2.21. The average Bonchev–Trinajstić information content (AvgIpc) is 2.68. The molecule has 0 aromatic heterocycles. The Morgan fingerprint density at radius 3 is 2.00 bits per heavy atom. The van der Waals surface area contributed by atoms with E-state index >= 15 is 0 Å². The van der Waals surface area contributed by atoms with E-state index in [1.165, 1.54) is 11.2 Å². The number of sulfonamides is 1. The quantitative estimate of drug-likeness (QED) is 0.364. The second kappa shape index (κ2) is 9.61. The van der Waals surface area contributed by atoms with Gasteiger partial charge in [-0.2, -0.15) is 4.31 Å². The molecule has 28 heavy (non-hydrogen) atoms. The lowest BCUT2D eigenvalue weighted by Gasteiger charge is -2.18. The van der Waals surface area contributed by atoms with Crippen LogP contribution in [0.3, 0.4) is 0 Å². The average molecular weight is 404 g/mol. The van der Waals surface area contributed by atoms with Gasteiger partial charge in [0.2, 0.25) is 10.0 Å². The number of nitrogens with zero attached hydrogens (tertiary/aromatic N) is 1. The zero-order valence-electron chi connectivity index (χ0n) is 16.3. The number of Topliss-reactive ketones (excluding diaryl/α,β-unsaturated/α-hetero) is 1. The van der Waals surface area contributed by atoms with Crippen molar-refractivity contribution < 1.29 is 22.7 Å². The maximum absolute atomic E-state index is 12.5. The number of aryl methyl sites for hydroxylation is 1. The van der Waals surface area contributed by atoms with Crippen LogP contribution in [0.15, 0.2) is 53.4 Å². The van der Waals surface area contributed by atoms with Gasteiger partial charge in [0.15, 0.2) is 5.78 Å². The number of ether oxygens (including phenoxy) is 1. The molecule has 0 fully saturated rings. The lowest BCUT2D eigenvalue weighted by atomic mass is 10.1. The van der Waals surface area contributed by atoms with Crippen LogP contribution in [0.1, 0.15) is 43.1 Å². The van der Waals surface area contributed by atoms with Crippen LogP contribution in [0.25, 0.3) is 0 Å². The molecule has 0 atom stereocenters. The smallest absolute Gasteiger partial charge is 0.311 e. The Morgan fingerprint density at radius 1 is 0.929 bits per heavy atom. The van der Waals surface area contributed by atoms with Crippen LogP contribution in [0.5, 0.6) is 5.75 Å². The topological polar surface area (TPSA) is 80.8 Å². The van der Waals surface area contributed by atoms with Crippen molar-refractivity contribution >= 4 is 21.8 Å². The molecule has 0 saturated carbocycles. The number of carbonyl (C=O) groups is 2. The zero-order chi connectivity index (χ0) is 20.7. The molecule has 2 aromatic carbocycles. The summed E-state index contributed by atoms with van der Waals surface area (Å²) in [6, 6.07) is 12.9. The second-order valence-corrected chi connectivity index (χ2v) is 8.23. The van der Waals surface area contributed by atoms with Gasteiger partial charge in [0, 0.05) is 25.1 Å². The molecular weight excluding hydrogens is 378 g/mol. The molecule has 0 aliphatic rings. The van der Waals surface area contributed by atoms with Crippen molar-refractivity contribution in [2.45, 2.75) is 38.5 Å². The molecule has 150 valence electrons. The van der Waals surface area contributed by atoms with Crippen molar-refractivity contribution in [2.24, 2.45) is 0 Å². The van der Waals surface area contributed by atoms with Crippen LogP contribution in [-0.4, -0.2) is 37.6 Å². The summed E-state index contributed by atoms with van der Waals surface area (Å²) in [5.41, 5.74) is 1.40. The van der Waals surface area contributed by atoms with E-state index in [0.717, 1.165) is 5.56 Å². The Labute approximate surface area is 166 Å². The molecule has 0 unspecified atom stereocenters. The third-order valence-corrected chi connectivity index (χ3v) is 6.44. The van der Waals surface area contributed by atoms with Gasteiger partial charge in [-0.3, -0.25) is 9.59 Å². The molecule has 0 spiro atoms. The molecule has 0 N–H and O–H groups in total. The van der Waals surface area contributed by atoms with Crippen LogP contribution in [0, 0.1) is 0 Å². The molecular formula is C21H25NO5S. The summed E-state index contributed by atoms with van der Waals surface area (Å²) >= 11 is 0. The Balaban J connectivity index is 1.94. The molecule has 0 heterocycles. The van der Waals surface area contributed by atoms with E-state index < -0.39 is 16.0 Å². The first kappa shape index (κ1) is 21.8. The van der Waals surface area contributed by atoms with Gasteiger partial charge in [0.25, 0.3) is 0 Å². The van der Waals surface area contributed by atoms with E-state index in [9.17, 15) is 18.0 Å². The van der Waals surface area contributed by atoms with Crippen molar-refractivity contribution in [2.75, 3.05) is 13.1 Å². The molecule has 0 radical (unpaired) electrons. The summed E-state index contributed by atoms with van der Waals surface area (Å²) in [6.45, 7) is 5.91. The number of rotatable bonds is 9. The van der Waals surface area contributed by atoms with Gasteiger partial charge in [0.1, 0.15) is 5.75 Å². The van der Waals surface area contributed by atoms with Gasteiger partial charge < -0.3 is 4.74 Å². The van der Waals surface area contributed by atoms with Crippen LogP contribution < -0.4 is 4.74 Å². The van der Waals surface area contributed by atoms with E-state index in [2.05, 4.69) is 0 Å². The van der Waals surface area contributed by atoms with E-state index in [-0.39, 0.29) is 17.1 Å². The summed E-state index contributed by atoms with van der Waals surface area (Å²) in [4.78, 5) is 23.5. The largest absolute Gasteiger partial charge is 0.427 e. The van der Waals surface area contributed by atoms with E-state index in [1.807, 2.05) is 0 Å². The number of esters is 1. The monoisotopic (exact) mass is 403 g/mol. The summed E-state index contributed by atoms with van der Waals surface area (Å²) in [5.74, 6) is -0.0598. The number of ketones is 1. The first-order chi connectivity index (χ1) is 13.3. The fraction of sp³-hybridized carbons (Fsp3) is 0.333. The standard InChI is InChI=1S/C21H25NO5S/c1-4-22(5-2)28(25,26)20-13-6-17(7-14-20)8-15-21(24)27-19-11-9-18(10-12-19)16(3)23/h6-7,9-14H,4-5,8,15H2,1-3H3. The molecule has 0 aliphatic heterocycles. The maximum atomic E-state index is 12.5. The number of hydrogen-bond acceptors (Lipinski definition) is 5. The number of hydrogen-bond donors (Lipinski definition) is 0. The van der Waals surface area contributed by atoms with E-state index in [4.69, 9.17) is 4.74 Å². The molecule has 0 amide bonds. The summed E-state index contributed by atoms with van der Waals surface area (Å²) in [5, 5.41) is 0. The van der Waals surface area contributed by atoms with Gasteiger partial charge in [0.05, 0.1) is 4.90 Å². The fourth-order valence-electron chi connectivity index (χ4n) is 2.73. The molecule has 2 rings (SSSR count). The molecule has 0 aliphatic carbocycles. The minimum Gasteiger partial charge on any atom is -0.427 e. The predicted molar refractivity (Wildman–Crippen MR) is 107 cm³/mol. The lowest BCUT2D eigenvalue weighted by molar-refractivity contribution is -0.134. The Morgan fingerprint density at radius 2 is 1.50 bits per heavy atom. The van der Waals surface area contributed by atoms with Gasteiger partial charge >= 0.3 is 5.97 Å². The lowest BCUT2D eigenvalue weighted by Crippen LogP contribution is -2.30. The summed E-state index contributed by atoms with van der Waals surface area (Å²) < 4.78 is 31.6. The first-order valence-electron chi connectivity index (χ1n) is 9.18. The van der Waals surface area contributed by atoms with Crippen LogP contribution in [-0.2, 0) is 21.2 Å². The molecule has 6 nitrogen and oxygen atoms in total. The Kier molecular flexibility index (Phi) is 7.48. The first-order valence-corrected chi connectivity index (χ1v) is 10.6. The Bertz CT molecular complexity index is 914. The van der Waals surface area contributed by atoms with Gasteiger partial charge in [-0.05, 0) is 55.3 Å². The third kappa shape index (κ3) is 5.50. The van der Waals surface area contributed by atoms with E-state index in [0.29, 0.717) is 30.8 Å². The van der Waals surface area contributed by atoms with Crippen LogP contribution in [0.4, 0.5) is 0 Å². The van der Waals surface area contributed by atoms with Crippen molar-refractivity contribution in [1.29, 1.82) is 0 Å². The van der Waals surface area contributed by atoms with Crippen molar-refractivity contribution in [3.8, 4) is 5.75 Å². The highest BCUT2D eigenvalue weighted by atomic mass is 32.2. The molecule has 7 heteroatoms. The predicted octanol–water partition coefficient (Wildman–Crippen LogP) is 3.46. The maximum Gasteiger partial charge on any atom is 0.311 e. The van der Waals surface area contributed by atoms with E-state index in [1.54, 1.807) is 62.4 Å². The SMILES string of the molecule is CCN(CC)S(=O)(=O)c1ccc(CCC(=O)Oc2ccc(C(C)=O)cc2)cc1. The van der Waals surface area contributed by atoms with Crippen LogP contribution >= 0.6 is 0 Å². The van der Waals surface area contributed by atoms with Crippen molar-refractivity contribution in [1.82, 2.24) is 4.31 Å². The van der Waals surface area contributed by atoms with Crippen molar-refractivity contribution in [3.63, 3.8) is 0 Å². The second-order valence-electron chi connectivity index (χ2n) is 6.29. The minimum absolute atomic E-state index is 0.0515. The molecule has 0 saturated heterocycles. The number of carbonyl (C=O) groups excluding carboxylic acids is 2. The summed E-state index contributed by atoms with van der Waals surface area (Å²) in [6.07, 6.45) is 0.604. The highest BCUT2D eigenvalue weighted by Crippen LogP contribution is 2.18. The minimum atomic E-state index is -3.48. The third-order valence-electron chi connectivity index (χ3n) is 4.38.